The third-order valence-corrected chi connectivity index (χ3v) is 3.36. The summed E-state index contributed by atoms with van der Waals surface area (Å²) in [6.45, 7) is 5.48. The van der Waals surface area contributed by atoms with E-state index < -0.39 is 0 Å². The van der Waals surface area contributed by atoms with Crippen molar-refractivity contribution in [3.63, 3.8) is 0 Å². The number of carbonyl (C=O) groups excluding carboxylic acids is 1. The Morgan fingerprint density at radius 3 is 2.84 bits per heavy atom. The van der Waals surface area contributed by atoms with Gasteiger partial charge in [-0.2, -0.15) is 0 Å². The van der Waals surface area contributed by atoms with Crippen molar-refractivity contribution in [1.29, 1.82) is 0 Å². The topological polar surface area (TPSA) is 68.4 Å². The molecule has 0 saturated carbocycles. The summed E-state index contributed by atoms with van der Waals surface area (Å²) in [5.74, 6) is -0.225. The Labute approximate surface area is 112 Å². The number of nitrogens with one attached hydrogen (secondary N) is 2. The van der Waals surface area contributed by atoms with Crippen molar-refractivity contribution in [2.45, 2.75) is 0 Å². The van der Waals surface area contributed by atoms with Crippen LogP contribution in [-0.2, 0) is 0 Å². The number of likely N-dealkylation sites (N-methyl/N-ethyl adjacent to an activating group) is 1. The van der Waals surface area contributed by atoms with E-state index in [9.17, 15) is 9.59 Å². The molecule has 1 aliphatic rings. The highest BCUT2D eigenvalue weighted by Gasteiger charge is 2.16. The summed E-state index contributed by atoms with van der Waals surface area (Å²) in [4.78, 5) is 30.4. The van der Waals surface area contributed by atoms with Gasteiger partial charge in [0.25, 0.3) is 5.91 Å². The zero-order valence-electron chi connectivity index (χ0n) is 11.2. The van der Waals surface area contributed by atoms with Crippen molar-refractivity contribution in [3.8, 4) is 0 Å². The monoisotopic (exact) mass is 264 g/mol. The summed E-state index contributed by atoms with van der Waals surface area (Å²) >= 11 is 0. The zero-order chi connectivity index (χ0) is 13.7. The molecule has 0 bridgehead atoms. The fraction of sp³-hybridized carbons (Fsp3) is 0.538. The first kappa shape index (κ1) is 13.8. The first-order valence-electron chi connectivity index (χ1n) is 6.54. The minimum absolute atomic E-state index is 0.199. The molecule has 2 N–H and O–H groups in total. The Balaban J connectivity index is 1.89. The van der Waals surface area contributed by atoms with Crippen molar-refractivity contribution >= 4 is 5.91 Å². The third kappa shape index (κ3) is 3.65. The predicted molar refractivity (Wildman–Crippen MR) is 73.3 cm³/mol. The summed E-state index contributed by atoms with van der Waals surface area (Å²) in [5.41, 5.74) is -0.0388. The molecule has 0 aliphatic carbocycles. The zero-order valence-corrected chi connectivity index (χ0v) is 11.2. The van der Waals surface area contributed by atoms with E-state index in [1.165, 1.54) is 18.5 Å². The fourth-order valence-corrected chi connectivity index (χ4v) is 2.12. The Kier molecular flexibility index (Phi) is 4.70. The van der Waals surface area contributed by atoms with Crippen molar-refractivity contribution in [2.75, 3.05) is 46.3 Å². The van der Waals surface area contributed by atoms with E-state index >= 15 is 0 Å². The minimum atomic E-state index is -0.238. The van der Waals surface area contributed by atoms with Crippen LogP contribution in [-0.4, -0.2) is 67.0 Å². The molecule has 1 aromatic heterocycles. The van der Waals surface area contributed by atoms with E-state index in [-0.39, 0.29) is 16.9 Å². The molecule has 1 fully saturated rings. The number of rotatable bonds is 4. The van der Waals surface area contributed by atoms with Crippen LogP contribution in [0, 0.1) is 0 Å². The minimum Gasteiger partial charge on any atom is -0.367 e. The number of hydrogen-bond donors (Lipinski definition) is 2. The van der Waals surface area contributed by atoms with Gasteiger partial charge >= 0.3 is 0 Å². The lowest BCUT2D eigenvalue weighted by molar-refractivity contribution is 0.0773. The van der Waals surface area contributed by atoms with Gasteiger partial charge in [0.2, 0.25) is 0 Å². The molecule has 1 amide bonds. The number of aromatic nitrogens is 1. The second kappa shape index (κ2) is 6.49. The van der Waals surface area contributed by atoms with Crippen molar-refractivity contribution < 1.29 is 4.79 Å². The highest BCUT2D eigenvalue weighted by atomic mass is 16.2. The maximum Gasteiger partial charge on any atom is 0.259 e. The lowest BCUT2D eigenvalue weighted by Crippen LogP contribution is -2.46. The molecular weight excluding hydrogens is 244 g/mol. The molecule has 0 spiro atoms. The molecule has 2 rings (SSSR count). The van der Waals surface area contributed by atoms with Crippen LogP contribution in [0.4, 0.5) is 0 Å². The highest BCUT2D eigenvalue weighted by Crippen LogP contribution is 1.98. The molecule has 1 saturated heterocycles. The van der Waals surface area contributed by atoms with Crippen LogP contribution in [0.5, 0.6) is 0 Å². The SMILES string of the molecule is CN(CCN1CCNCC1)C(=O)c1c[nH]ccc1=O. The van der Waals surface area contributed by atoms with Gasteiger partial charge in [0, 0.05) is 64.8 Å². The van der Waals surface area contributed by atoms with Gasteiger partial charge in [0.15, 0.2) is 5.43 Å². The van der Waals surface area contributed by atoms with Crippen LogP contribution >= 0.6 is 0 Å². The molecule has 0 atom stereocenters. The summed E-state index contributed by atoms with van der Waals surface area (Å²) in [6, 6.07) is 1.37. The lowest BCUT2D eigenvalue weighted by Gasteiger charge is -2.29. The van der Waals surface area contributed by atoms with Gasteiger partial charge in [-0.3, -0.25) is 14.5 Å². The molecule has 104 valence electrons. The average Bonchev–Trinajstić information content (AvgIpc) is 2.45. The molecule has 0 unspecified atom stereocenters. The molecular formula is C13H20N4O2. The van der Waals surface area contributed by atoms with Gasteiger partial charge in [0.1, 0.15) is 5.56 Å². The highest BCUT2D eigenvalue weighted by molar-refractivity contribution is 5.93. The molecule has 1 aliphatic heterocycles. The first-order chi connectivity index (χ1) is 9.18. The summed E-state index contributed by atoms with van der Waals surface area (Å²) < 4.78 is 0. The van der Waals surface area contributed by atoms with Crippen LogP contribution in [0.3, 0.4) is 0 Å². The van der Waals surface area contributed by atoms with Crippen LogP contribution in [0.2, 0.25) is 0 Å². The van der Waals surface area contributed by atoms with Gasteiger partial charge < -0.3 is 15.2 Å². The van der Waals surface area contributed by atoms with E-state index in [2.05, 4.69) is 15.2 Å². The Bertz CT molecular complexity index is 480. The normalized spacial score (nSPS) is 16.3. The maximum atomic E-state index is 12.1. The smallest absolute Gasteiger partial charge is 0.259 e. The molecule has 19 heavy (non-hydrogen) atoms. The molecule has 0 radical (unpaired) electrons. The van der Waals surface area contributed by atoms with Crippen LogP contribution < -0.4 is 10.7 Å². The standard InChI is InChI=1S/C13H20N4O2/c1-16(8-9-17-6-4-14-5-7-17)13(19)11-10-15-3-2-12(11)18/h2-3,10,14H,4-9H2,1H3,(H,15,18). The second-order valence-electron chi connectivity index (χ2n) is 4.74. The third-order valence-electron chi connectivity index (χ3n) is 3.36. The number of pyridine rings is 1. The molecule has 6 heteroatoms. The van der Waals surface area contributed by atoms with Gasteiger partial charge in [-0.25, -0.2) is 0 Å². The van der Waals surface area contributed by atoms with Crippen LogP contribution in [0.15, 0.2) is 23.3 Å². The maximum absolute atomic E-state index is 12.1. The number of aromatic amines is 1. The van der Waals surface area contributed by atoms with E-state index in [1.54, 1.807) is 11.9 Å². The van der Waals surface area contributed by atoms with E-state index in [1.807, 2.05) is 0 Å². The number of piperazine rings is 1. The van der Waals surface area contributed by atoms with E-state index in [4.69, 9.17) is 0 Å². The van der Waals surface area contributed by atoms with Crippen molar-refractivity contribution in [1.82, 2.24) is 20.1 Å². The lowest BCUT2D eigenvalue weighted by atomic mass is 10.2. The van der Waals surface area contributed by atoms with Crippen molar-refractivity contribution in [2.24, 2.45) is 0 Å². The molecule has 6 nitrogen and oxygen atoms in total. The van der Waals surface area contributed by atoms with Crippen molar-refractivity contribution in [3.05, 3.63) is 34.2 Å². The van der Waals surface area contributed by atoms with Gasteiger partial charge in [-0.1, -0.05) is 0 Å². The number of amides is 1. The predicted octanol–water partition coefficient (Wildman–Crippen LogP) is -0.648. The van der Waals surface area contributed by atoms with E-state index in [0.29, 0.717) is 6.54 Å². The summed E-state index contributed by atoms with van der Waals surface area (Å²) in [7, 11) is 1.73. The quantitative estimate of drug-likeness (QED) is 0.758. The summed E-state index contributed by atoms with van der Waals surface area (Å²) in [5, 5.41) is 3.29. The second-order valence-corrected chi connectivity index (χ2v) is 4.74. The van der Waals surface area contributed by atoms with E-state index in [0.717, 1.165) is 32.7 Å². The Morgan fingerprint density at radius 2 is 2.16 bits per heavy atom. The van der Waals surface area contributed by atoms with Gasteiger partial charge in [-0.15, -0.1) is 0 Å². The van der Waals surface area contributed by atoms with Crippen LogP contribution in [0.25, 0.3) is 0 Å². The average molecular weight is 264 g/mol. The van der Waals surface area contributed by atoms with Gasteiger partial charge in [-0.05, 0) is 0 Å². The largest absolute Gasteiger partial charge is 0.367 e. The number of nitrogens with zero attached hydrogens (tertiary/aromatic N) is 2. The molecule has 2 heterocycles. The number of hydrogen-bond acceptors (Lipinski definition) is 4. The Hall–Kier alpha value is -1.66. The number of carbonyl (C=O) groups is 1. The molecule has 1 aromatic rings. The Morgan fingerprint density at radius 1 is 1.42 bits per heavy atom. The molecule has 0 aromatic carbocycles. The summed E-state index contributed by atoms with van der Waals surface area (Å²) in [6.07, 6.45) is 2.99. The number of H-pyrrole nitrogens is 1. The fourth-order valence-electron chi connectivity index (χ4n) is 2.12. The first-order valence-corrected chi connectivity index (χ1v) is 6.54. The van der Waals surface area contributed by atoms with Gasteiger partial charge in [0.05, 0.1) is 0 Å². The van der Waals surface area contributed by atoms with Crippen LogP contribution in [0.1, 0.15) is 10.4 Å².